The third-order valence-corrected chi connectivity index (χ3v) is 12.2. The highest BCUT2D eigenvalue weighted by Gasteiger charge is 2.31. The van der Waals surface area contributed by atoms with Crippen molar-refractivity contribution in [3.05, 3.63) is 64.5 Å². The number of hydrogen-bond donors (Lipinski definition) is 1. The predicted molar refractivity (Wildman–Crippen MR) is 166 cm³/mol. The number of thiazole rings is 1. The summed E-state index contributed by atoms with van der Waals surface area (Å²) in [5.41, 5.74) is 3.19. The van der Waals surface area contributed by atoms with Crippen molar-refractivity contribution in [2.45, 2.75) is 56.0 Å². The summed E-state index contributed by atoms with van der Waals surface area (Å²) >= 11 is 2.99. The monoisotopic (exact) mass is 624 g/mol. The average Bonchev–Trinajstić information content (AvgIpc) is 3.60. The predicted octanol–water partition coefficient (Wildman–Crippen LogP) is 6.35. The van der Waals surface area contributed by atoms with Crippen LogP contribution in [0.4, 0.5) is 9.80 Å². The maximum absolute atomic E-state index is 13.5. The molecule has 2 aromatic carbocycles. The quantitative estimate of drug-likeness (QED) is 0.268. The number of rotatable bonds is 6. The number of benzene rings is 2. The van der Waals surface area contributed by atoms with Crippen LogP contribution in [0.15, 0.2) is 53.4 Å². The number of sulfonamides is 1. The van der Waals surface area contributed by atoms with Crippen LogP contribution in [-0.2, 0) is 27.7 Å². The fourth-order valence-corrected chi connectivity index (χ4v) is 9.53. The lowest BCUT2D eigenvalue weighted by atomic mass is 9.96. The fourth-order valence-electron chi connectivity index (χ4n) is 5.74. The zero-order chi connectivity index (χ0) is 29.4. The summed E-state index contributed by atoms with van der Waals surface area (Å²) in [5, 5.41) is 4.53. The second-order valence-electron chi connectivity index (χ2n) is 10.6. The molecule has 220 valence electrons. The topological polar surface area (TPSA) is 109 Å². The van der Waals surface area contributed by atoms with Crippen LogP contribution in [0.25, 0.3) is 20.8 Å². The number of ether oxygens (including phenoxy) is 1. The number of amides is 2. The maximum atomic E-state index is 13.5. The van der Waals surface area contributed by atoms with Crippen molar-refractivity contribution < 1.29 is 22.7 Å². The van der Waals surface area contributed by atoms with Crippen molar-refractivity contribution in [2.24, 2.45) is 0 Å². The molecule has 1 fully saturated rings. The molecule has 0 atom stereocenters. The van der Waals surface area contributed by atoms with E-state index in [1.54, 1.807) is 35.4 Å². The molecule has 1 aliphatic carbocycles. The van der Waals surface area contributed by atoms with Gasteiger partial charge in [-0.1, -0.05) is 31.4 Å². The van der Waals surface area contributed by atoms with Gasteiger partial charge in [-0.25, -0.2) is 18.2 Å². The van der Waals surface area contributed by atoms with Gasteiger partial charge in [-0.15, -0.1) is 22.7 Å². The van der Waals surface area contributed by atoms with Gasteiger partial charge in [0.2, 0.25) is 10.0 Å². The standard InChI is InChI=1S/C30H32N4O5S3/c1-33(20-8-4-3-5-9-20)42(37,38)21-14-12-19(13-15-21)27(35)32-29-26(28-31-23-10-6-7-11-24(23)40-28)22-16-17-34(30(36)39-2)18-25(22)41-29/h6-7,10-15,20H,3-5,8-9,16-18H2,1-2H3,(H,32,35). The number of para-hydroxylation sites is 1. The second-order valence-corrected chi connectivity index (χ2v) is 14.8. The van der Waals surface area contributed by atoms with Gasteiger partial charge in [-0.2, -0.15) is 4.31 Å². The summed E-state index contributed by atoms with van der Waals surface area (Å²) in [5.74, 6) is -0.342. The molecule has 2 amide bonds. The molecule has 2 aliphatic rings. The Kier molecular flexibility index (Phi) is 8.05. The lowest BCUT2D eigenvalue weighted by Gasteiger charge is -2.30. The molecule has 0 radical (unpaired) electrons. The minimum atomic E-state index is -3.66. The second kappa shape index (κ2) is 11.8. The van der Waals surface area contributed by atoms with E-state index in [-0.39, 0.29) is 22.9 Å². The Morgan fingerprint density at radius 1 is 1.05 bits per heavy atom. The van der Waals surface area contributed by atoms with E-state index >= 15 is 0 Å². The maximum Gasteiger partial charge on any atom is 0.409 e. The Bertz CT molecular complexity index is 1710. The summed E-state index contributed by atoms with van der Waals surface area (Å²) in [7, 11) is -0.640. The molecule has 12 heteroatoms. The van der Waals surface area contributed by atoms with E-state index in [4.69, 9.17) is 9.72 Å². The zero-order valence-corrected chi connectivity index (χ0v) is 25.9. The first kappa shape index (κ1) is 28.8. The molecule has 2 aromatic heterocycles. The average molecular weight is 625 g/mol. The van der Waals surface area contributed by atoms with E-state index in [2.05, 4.69) is 5.32 Å². The van der Waals surface area contributed by atoms with Gasteiger partial charge in [0, 0.05) is 35.6 Å². The molecule has 9 nitrogen and oxygen atoms in total. The van der Waals surface area contributed by atoms with Crippen LogP contribution < -0.4 is 5.32 Å². The lowest BCUT2D eigenvalue weighted by molar-refractivity contribution is 0.102. The van der Waals surface area contributed by atoms with Crippen molar-refractivity contribution >= 4 is 59.9 Å². The number of anilines is 1. The molecule has 1 aliphatic heterocycles. The third kappa shape index (κ3) is 5.44. The number of fused-ring (bicyclic) bond motifs is 2. The molecule has 0 unspecified atom stereocenters. The molecule has 3 heterocycles. The lowest BCUT2D eigenvalue weighted by Crippen LogP contribution is -2.38. The first-order chi connectivity index (χ1) is 20.3. The van der Waals surface area contributed by atoms with Gasteiger partial charge in [0.25, 0.3) is 5.91 Å². The van der Waals surface area contributed by atoms with Gasteiger partial charge < -0.3 is 15.0 Å². The minimum absolute atomic E-state index is 0.00706. The summed E-state index contributed by atoms with van der Waals surface area (Å²) in [6.07, 6.45) is 5.19. The van der Waals surface area contributed by atoms with Gasteiger partial charge in [0.1, 0.15) is 10.0 Å². The number of thiophene rings is 1. The first-order valence-electron chi connectivity index (χ1n) is 14.0. The number of aromatic nitrogens is 1. The first-order valence-corrected chi connectivity index (χ1v) is 17.1. The molecule has 0 bridgehead atoms. The highest BCUT2D eigenvalue weighted by molar-refractivity contribution is 7.89. The van der Waals surface area contributed by atoms with E-state index < -0.39 is 10.0 Å². The molecule has 0 spiro atoms. The van der Waals surface area contributed by atoms with Crippen LogP contribution in [0.3, 0.4) is 0 Å². The summed E-state index contributed by atoms with van der Waals surface area (Å²) in [6, 6.07) is 14.0. The highest BCUT2D eigenvalue weighted by Crippen LogP contribution is 2.46. The smallest absolute Gasteiger partial charge is 0.409 e. The van der Waals surface area contributed by atoms with Crippen molar-refractivity contribution in [1.29, 1.82) is 0 Å². The molecule has 42 heavy (non-hydrogen) atoms. The van der Waals surface area contributed by atoms with E-state index in [9.17, 15) is 18.0 Å². The van der Waals surface area contributed by atoms with E-state index in [1.165, 1.54) is 34.9 Å². The molecule has 6 rings (SSSR count). The Morgan fingerprint density at radius 3 is 2.50 bits per heavy atom. The highest BCUT2D eigenvalue weighted by atomic mass is 32.2. The van der Waals surface area contributed by atoms with Crippen molar-refractivity contribution in [2.75, 3.05) is 26.0 Å². The molecule has 4 aromatic rings. The number of carbonyl (C=O) groups is 2. The number of carbonyl (C=O) groups excluding carboxylic acids is 2. The van der Waals surface area contributed by atoms with E-state index in [1.807, 2.05) is 24.3 Å². The summed E-state index contributed by atoms with van der Waals surface area (Å²) in [4.78, 5) is 33.4. The summed E-state index contributed by atoms with van der Waals surface area (Å²) in [6.45, 7) is 0.897. The van der Waals surface area contributed by atoms with Gasteiger partial charge in [-0.3, -0.25) is 4.79 Å². The van der Waals surface area contributed by atoms with Gasteiger partial charge in [0.05, 0.1) is 28.8 Å². The molecule has 1 saturated carbocycles. The zero-order valence-electron chi connectivity index (χ0n) is 23.5. The normalized spacial score (nSPS) is 16.0. The Hall–Kier alpha value is -3.32. The fraction of sp³-hybridized carbons (Fsp3) is 0.367. The number of nitrogens with one attached hydrogen (secondary N) is 1. The van der Waals surface area contributed by atoms with Crippen molar-refractivity contribution in [3.63, 3.8) is 0 Å². The van der Waals surface area contributed by atoms with Crippen molar-refractivity contribution in [3.8, 4) is 10.6 Å². The Balaban J connectivity index is 1.28. The number of nitrogens with zero attached hydrogens (tertiary/aromatic N) is 3. The largest absolute Gasteiger partial charge is 0.453 e. The summed E-state index contributed by atoms with van der Waals surface area (Å²) < 4.78 is 34.0. The Morgan fingerprint density at radius 2 is 1.79 bits per heavy atom. The molecule has 1 N–H and O–H groups in total. The number of hydrogen-bond acceptors (Lipinski definition) is 8. The van der Waals surface area contributed by atoms with Crippen LogP contribution in [0, 0.1) is 0 Å². The molecular weight excluding hydrogens is 593 g/mol. The van der Waals surface area contributed by atoms with Gasteiger partial charge in [-0.05, 0) is 61.2 Å². The van der Waals surface area contributed by atoms with Crippen LogP contribution >= 0.6 is 22.7 Å². The molecular formula is C30H32N4O5S3. The molecule has 0 saturated heterocycles. The SMILES string of the molecule is COC(=O)N1CCc2c(sc(NC(=O)c3ccc(S(=O)(=O)N(C)C4CCCCC4)cc3)c2-c2nc3ccccc3s2)C1. The van der Waals surface area contributed by atoms with Crippen LogP contribution in [0.2, 0.25) is 0 Å². The van der Waals surface area contributed by atoms with Crippen LogP contribution in [0.5, 0.6) is 0 Å². The van der Waals surface area contributed by atoms with Gasteiger partial charge >= 0.3 is 6.09 Å². The minimum Gasteiger partial charge on any atom is -0.453 e. The van der Waals surface area contributed by atoms with Crippen LogP contribution in [0.1, 0.15) is 52.9 Å². The van der Waals surface area contributed by atoms with E-state index in [0.29, 0.717) is 30.1 Å². The third-order valence-electron chi connectivity index (χ3n) is 8.11. The van der Waals surface area contributed by atoms with E-state index in [0.717, 1.165) is 63.3 Å². The number of methoxy groups -OCH3 is 1. The Labute approximate surface area is 253 Å². The van der Waals surface area contributed by atoms with Gasteiger partial charge in [0.15, 0.2) is 0 Å². The van der Waals surface area contributed by atoms with Crippen LogP contribution in [-0.4, -0.2) is 61.4 Å². The van der Waals surface area contributed by atoms with Crippen molar-refractivity contribution in [1.82, 2.24) is 14.2 Å².